The van der Waals surface area contributed by atoms with Crippen LogP contribution in [0.4, 0.5) is 0 Å². The Kier molecular flexibility index (Phi) is 6.23. The second-order valence-electron chi connectivity index (χ2n) is 9.56. The molecule has 0 N–H and O–H groups in total. The van der Waals surface area contributed by atoms with E-state index in [0.717, 1.165) is 16.7 Å². The molecule has 2 aromatic heterocycles. The number of aromatic nitrogens is 1. The molecular weight excluding hydrogens is 412 g/mol. The summed E-state index contributed by atoms with van der Waals surface area (Å²) in [6, 6.07) is 19.9. The van der Waals surface area contributed by atoms with Crippen LogP contribution in [0.1, 0.15) is 59.3 Å². The number of hydrogen-bond donors (Lipinski definition) is 0. The Balaban J connectivity index is 1.58. The number of carbonyl (C=O) groups is 1. The van der Waals surface area contributed by atoms with Crippen LogP contribution < -0.4 is 0 Å². The summed E-state index contributed by atoms with van der Waals surface area (Å²) in [5, 5.41) is 4.09. The summed E-state index contributed by atoms with van der Waals surface area (Å²) in [6.07, 6.45) is 1.62. The Morgan fingerprint density at radius 2 is 1.70 bits per heavy atom. The first kappa shape index (κ1) is 22.6. The first-order chi connectivity index (χ1) is 15.7. The van der Waals surface area contributed by atoms with Crippen LogP contribution in [-0.4, -0.2) is 16.0 Å². The van der Waals surface area contributed by atoms with Gasteiger partial charge in [-0.1, -0.05) is 62.3 Å². The summed E-state index contributed by atoms with van der Waals surface area (Å²) in [4.78, 5) is 15.2. The Bertz CT molecular complexity index is 1230. The quantitative estimate of drug-likeness (QED) is 0.334. The van der Waals surface area contributed by atoms with Crippen LogP contribution in [-0.2, 0) is 18.5 Å². The maximum Gasteiger partial charge on any atom is 0.276 e. The van der Waals surface area contributed by atoms with E-state index in [1.807, 2.05) is 30.3 Å². The molecule has 0 atom stereocenters. The highest BCUT2D eigenvalue weighted by Crippen LogP contribution is 2.25. The fraction of sp³-hybridized carbons (Fsp3) is 0.286. The lowest BCUT2D eigenvalue weighted by Crippen LogP contribution is -2.30. The van der Waals surface area contributed by atoms with Crippen LogP contribution in [0, 0.1) is 13.8 Å². The number of amides is 1. The number of benzene rings is 2. The predicted molar refractivity (Wildman–Crippen MR) is 129 cm³/mol. The third-order valence-corrected chi connectivity index (χ3v) is 5.93. The molecule has 5 heteroatoms. The van der Waals surface area contributed by atoms with E-state index in [1.165, 1.54) is 11.1 Å². The zero-order chi connectivity index (χ0) is 23.6. The van der Waals surface area contributed by atoms with E-state index in [2.05, 4.69) is 64.0 Å². The molecule has 4 rings (SSSR count). The lowest BCUT2D eigenvalue weighted by Gasteiger charge is -2.22. The van der Waals surface area contributed by atoms with Crippen LogP contribution >= 0.6 is 0 Å². The van der Waals surface area contributed by atoms with Gasteiger partial charge in [0.05, 0.1) is 12.8 Å². The van der Waals surface area contributed by atoms with E-state index in [1.54, 1.807) is 17.2 Å². The minimum atomic E-state index is -0.204. The monoisotopic (exact) mass is 442 g/mol. The van der Waals surface area contributed by atoms with Crippen molar-refractivity contribution in [1.82, 2.24) is 10.1 Å². The van der Waals surface area contributed by atoms with E-state index in [0.29, 0.717) is 24.6 Å². The molecule has 0 saturated carbocycles. The van der Waals surface area contributed by atoms with E-state index >= 15 is 0 Å². The van der Waals surface area contributed by atoms with Gasteiger partial charge in [-0.3, -0.25) is 4.79 Å². The molecule has 33 heavy (non-hydrogen) atoms. The van der Waals surface area contributed by atoms with E-state index in [-0.39, 0.29) is 17.0 Å². The van der Waals surface area contributed by atoms with Gasteiger partial charge in [-0.2, -0.15) is 0 Å². The average Bonchev–Trinajstić information content (AvgIpc) is 3.47. The number of rotatable bonds is 6. The first-order valence-electron chi connectivity index (χ1n) is 11.2. The Morgan fingerprint density at radius 3 is 2.33 bits per heavy atom. The van der Waals surface area contributed by atoms with Crippen LogP contribution in [0.2, 0.25) is 0 Å². The highest BCUT2D eigenvalue weighted by atomic mass is 16.5. The molecule has 2 heterocycles. The lowest BCUT2D eigenvalue weighted by atomic mass is 9.87. The summed E-state index contributed by atoms with van der Waals surface area (Å²) in [5.41, 5.74) is 5.92. The summed E-state index contributed by atoms with van der Waals surface area (Å²) < 4.78 is 11.0. The molecule has 0 spiro atoms. The third-order valence-electron chi connectivity index (χ3n) is 5.93. The van der Waals surface area contributed by atoms with Gasteiger partial charge in [-0.05, 0) is 59.7 Å². The minimum absolute atomic E-state index is 0.0770. The van der Waals surface area contributed by atoms with Crippen molar-refractivity contribution in [3.05, 3.63) is 101 Å². The maximum absolute atomic E-state index is 13.4. The van der Waals surface area contributed by atoms with E-state index in [9.17, 15) is 4.79 Å². The van der Waals surface area contributed by atoms with Crippen molar-refractivity contribution in [1.29, 1.82) is 0 Å². The Morgan fingerprint density at radius 1 is 0.939 bits per heavy atom. The number of hydrogen-bond acceptors (Lipinski definition) is 4. The summed E-state index contributed by atoms with van der Waals surface area (Å²) >= 11 is 0. The van der Waals surface area contributed by atoms with Crippen molar-refractivity contribution in [3.8, 4) is 11.3 Å². The maximum atomic E-state index is 13.4. The number of carbonyl (C=O) groups excluding carboxylic acids is 1. The van der Waals surface area contributed by atoms with Crippen LogP contribution in [0.5, 0.6) is 0 Å². The van der Waals surface area contributed by atoms with E-state index < -0.39 is 0 Å². The number of aryl methyl sites for hydroxylation is 2. The summed E-state index contributed by atoms with van der Waals surface area (Å²) in [5.74, 6) is 1.09. The smallest absolute Gasteiger partial charge is 0.276 e. The third kappa shape index (κ3) is 5.25. The molecule has 2 aromatic carbocycles. The SMILES string of the molecule is Cc1ccc(-c2cc(C(=O)N(Cc3ccc(C(C)(C)C)cc3)Cc3ccco3)no2)cc1C. The highest BCUT2D eigenvalue weighted by molar-refractivity contribution is 5.93. The van der Waals surface area contributed by atoms with Gasteiger partial charge in [0.1, 0.15) is 5.76 Å². The van der Waals surface area contributed by atoms with Crippen molar-refractivity contribution >= 4 is 5.91 Å². The molecule has 4 aromatic rings. The molecule has 170 valence electrons. The van der Waals surface area contributed by atoms with Gasteiger partial charge in [0.2, 0.25) is 0 Å². The Hall–Kier alpha value is -3.60. The zero-order valence-corrected chi connectivity index (χ0v) is 19.9. The molecule has 0 unspecified atom stereocenters. The molecular formula is C28H30N2O3. The van der Waals surface area contributed by atoms with Gasteiger partial charge in [0, 0.05) is 18.2 Å². The standard InChI is InChI=1S/C28H30N2O3/c1-19-8-11-22(15-20(19)2)26-16-25(29-33-26)27(31)30(18-24-7-6-14-32-24)17-21-9-12-23(13-10-21)28(3,4)5/h6-16H,17-18H2,1-5H3. The van der Waals surface area contributed by atoms with Gasteiger partial charge in [-0.15, -0.1) is 0 Å². The minimum Gasteiger partial charge on any atom is -0.467 e. The predicted octanol–water partition coefficient (Wildman–Crippen LogP) is 6.69. The normalized spacial score (nSPS) is 11.5. The second-order valence-corrected chi connectivity index (χ2v) is 9.56. The molecule has 5 nitrogen and oxygen atoms in total. The zero-order valence-electron chi connectivity index (χ0n) is 19.9. The van der Waals surface area contributed by atoms with Crippen molar-refractivity contribution in [2.75, 3.05) is 0 Å². The molecule has 0 fully saturated rings. The first-order valence-corrected chi connectivity index (χ1v) is 11.2. The fourth-order valence-electron chi connectivity index (χ4n) is 3.69. The fourth-order valence-corrected chi connectivity index (χ4v) is 3.69. The largest absolute Gasteiger partial charge is 0.467 e. The summed E-state index contributed by atoms with van der Waals surface area (Å²) in [6.45, 7) is 11.5. The molecule has 0 radical (unpaired) electrons. The van der Waals surface area contributed by atoms with Gasteiger partial charge in [0.25, 0.3) is 5.91 Å². The highest BCUT2D eigenvalue weighted by Gasteiger charge is 2.22. The lowest BCUT2D eigenvalue weighted by molar-refractivity contribution is 0.0707. The van der Waals surface area contributed by atoms with Crippen LogP contribution in [0.25, 0.3) is 11.3 Å². The Labute approximate surface area is 195 Å². The topological polar surface area (TPSA) is 59.5 Å². The van der Waals surface area contributed by atoms with E-state index in [4.69, 9.17) is 8.94 Å². The van der Waals surface area contributed by atoms with Crippen molar-refractivity contribution < 1.29 is 13.7 Å². The number of nitrogens with zero attached hydrogens (tertiary/aromatic N) is 2. The molecule has 0 aliphatic heterocycles. The molecule has 0 bridgehead atoms. The van der Waals surface area contributed by atoms with Gasteiger partial charge < -0.3 is 13.8 Å². The van der Waals surface area contributed by atoms with Crippen molar-refractivity contribution in [2.45, 2.75) is 53.1 Å². The van der Waals surface area contributed by atoms with Gasteiger partial charge in [-0.25, -0.2) is 0 Å². The molecule has 0 saturated heterocycles. The second kappa shape index (κ2) is 9.10. The molecule has 0 aliphatic carbocycles. The van der Waals surface area contributed by atoms with Crippen LogP contribution in [0.3, 0.4) is 0 Å². The molecule has 0 aliphatic rings. The van der Waals surface area contributed by atoms with Crippen molar-refractivity contribution in [2.24, 2.45) is 0 Å². The molecule has 1 amide bonds. The van der Waals surface area contributed by atoms with Gasteiger partial charge >= 0.3 is 0 Å². The van der Waals surface area contributed by atoms with Crippen molar-refractivity contribution in [3.63, 3.8) is 0 Å². The summed E-state index contributed by atoms with van der Waals surface area (Å²) in [7, 11) is 0. The van der Waals surface area contributed by atoms with Crippen LogP contribution in [0.15, 0.2) is 75.9 Å². The van der Waals surface area contributed by atoms with Gasteiger partial charge in [0.15, 0.2) is 11.5 Å². The average molecular weight is 443 g/mol. The number of furan rings is 1.